The maximum absolute atomic E-state index is 14.4. The van der Waals surface area contributed by atoms with Gasteiger partial charge in [-0.1, -0.05) is 57.0 Å². The van der Waals surface area contributed by atoms with Crippen molar-refractivity contribution in [3.05, 3.63) is 81.4 Å². The summed E-state index contributed by atoms with van der Waals surface area (Å²) in [7, 11) is 0. The Morgan fingerprint density at radius 3 is 2.59 bits per heavy atom. The maximum atomic E-state index is 14.4. The first-order valence-corrected chi connectivity index (χ1v) is 17.4. The molecule has 7 rings (SSSR count). The number of benzene rings is 2. The molecule has 4 aromatic rings. The standard InChI is InChI=1S/C38H44N4OS/c1-5-7-10-29-20-31-30-11-8-9-12-32(30)40-35(31)36(42(29)37(43)33-23-44-34(6-2)39-33)27-13-15-28(16-14-27)41-38(4)21-25-17-24(3)18-26(19-25)22-38/h2,8-9,11-16,23-26,29,36,40-41H,5,7,10,17-22H2,1,3-4H3. The molecule has 0 radical (unpaired) electrons. The number of nitrogens with zero attached hydrogens (tertiary/aromatic N) is 2. The fourth-order valence-corrected chi connectivity index (χ4v) is 9.60. The molecule has 2 aromatic heterocycles. The molecule has 3 heterocycles. The number of H-pyrrole nitrogens is 1. The van der Waals surface area contributed by atoms with Gasteiger partial charge in [-0.05, 0) is 105 Å². The van der Waals surface area contributed by atoms with Crippen molar-refractivity contribution in [1.29, 1.82) is 0 Å². The number of rotatable bonds is 7. The van der Waals surface area contributed by atoms with E-state index in [1.54, 1.807) is 0 Å². The topological polar surface area (TPSA) is 61.0 Å². The summed E-state index contributed by atoms with van der Waals surface area (Å²) in [6.07, 6.45) is 16.2. The van der Waals surface area contributed by atoms with Gasteiger partial charge in [-0.2, -0.15) is 0 Å². The predicted molar refractivity (Wildman–Crippen MR) is 181 cm³/mol. The summed E-state index contributed by atoms with van der Waals surface area (Å²) in [6.45, 7) is 7.07. The van der Waals surface area contributed by atoms with E-state index >= 15 is 0 Å². The number of carbonyl (C=O) groups is 1. The highest BCUT2D eigenvalue weighted by atomic mass is 32.1. The van der Waals surface area contributed by atoms with Crippen LogP contribution in [0.25, 0.3) is 10.9 Å². The minimum absolute atomic E-state index is 0.0455. The molecule has 228 valence electrons. The van der Waals surface area contributed by atoms with Crippen LogP contribution < -0.4 is 5.32 Å². The van der Waals surface area contributed by atoms with Crippen LogP contribution >= 0.6 is 11.3 Å². The Labute approximate surface area is 265 Å². The molecular weight excluding hydrogens is 561 g/mol. The van der Waals surface area contributed by atoms with Gasteiger partial charge in [-0.3, -0.25) is 4.79 Å². The molecule has 6 heteroatoms. The number of carbonyl (C=O) groups excluding carboxylic acids is 1. The number of nitrogens with one attached hydrogen (secondary N) is 2. The number of fused-ring (bicyclic) bond motifs is 5. The van der Waals surface area contributed by atoms with Crippen molar-refractivity contribution in [2.24, 2.45) is 17.8 Å². The molecule has 5 nitrogen and oxygen atoms in total. The number of terminal acetylenes is 1. The van der Waals surface area contributed by atoms with Gasteiger partial charge in [0.1, 0.15) is 5.69 Å². The number of aromatic nitrogens is 2. The van der Waals surface area contributed by atoms with E-state index in [0.717, 1.165) is 65.9 Å². The van der Waals surface area contributed by atoms with E-state index in [2.05, 4.69) is 95.4 Å². The van der Waals surface area contributed by atoms with Gasteiger partial charge in [0.25, 0.3) is 5.91 Å². The Morgan fingerprint density at radius 1 is 1.14 bits per heavy atom. The molecule has 2 fully saturated rings. The quantitative estimate of drug-likeness (QED) is 0.207. The second-order valence-corrected chi connectivity index (χ2v) is 15.0. The SMILES string of the molecule is C#Cc1nc(C(=O)N2C(CCCC)Cc3c([nH]c4ccccc34)C2c2ccc(NC3(C)CC4CC(C)CC(C4)C3)cc2)cs1. The molecule has 3 aliphatic rings. The van der Waals surface area contributed by atoms with Crippen molar-refractivity contribution in [1.82, 2.24) is 14.9 Å². The zero-order valence-corrected chi connectivity index (χ0v) is 27.1. The van der Waals surface area contributed by atoms with Crippen molar-refractivity contribution in [3.8, 4) is 12.3 Å². The second-order valence-electron chi connectivity index (χ2n) is 14.1. The molecule has 2 saturated carbocycles. The van der Waals surface area contributed by atoms with Crippen LogP contribution in [0.15, 0.2) is 53.9 Å². The summed E-state index contributed by atoms with van der Waals surface area (Å²) in [5.41, 5.74) is 6.41. The number of hydrogen-bond donors (Lipinski definition) is 2. The van der Waals surface area contributed by atoms with Crippen molar-refractivity contribution >= 4 is 33.8 Å². The van der Waals surface area contributed by atoms with E-state index in [1.165, 1.54) is 54.4 Å². The fraction of sp³-hybridized carbons (Fsp3) is 0.474. The van der Waals surface area contributed by atoms with Crippen molar-refractivity contribution in [2.45, 2.75) is 96.2 Å². The molecule has 44 heavy (non-hydrogen) atoms. The third kappa shape index (κ3) is 5.45. The number of para-hydroxylation sites is 1. The Balaban J connectivity index is 1.26. The largest absolute Gasteiger partial charge is 0.380 e. The molecule has 0 spiro atoms. The van der Waals surface area contributed by atoms with Crippen LogP contribution in [-0.2, 0) is 6.42 Å². The number of hydrogen-bond acceptors (Lipinski definition) is 4. The Morgan fingerprint density at radius 2 is 1.89 bits per heavy atom. The summed E-state index contributed by atoms with van der Waals surface area (Å²) in [5.74, 6) is 5.09. The maximum Gasteiger partial charge on any atom is 0.274 e. The van der Waals surface area contributed by atoms with Crippen LogP contribution in [0.4, 0.5) is 5.69 Å². The summed E-state index contributed by atoms with van der Waals surface area (Å²) in [6, 6.07) is 17.3. The molecule has 2 bridgehead atoms. The van der Waals surface area contributed by atoms with Gasteiger partial charge in [-0.15, -0.1) is 17.8 Å². The van der Waals surface area contributed by atoms with Crippen LogP contribution in [0.3, 0.4) is 0 Å². The molecule has 1 amide bonds. The zero-order chi connectivity index (χ0) is 30.4. The Hall–Kier alpha value is -3.56. The van der Waals surface area contributed by atoms with Gasteiger partial charge in [0.05, 0.1) is 6.04 Å². The average Bonchev–Trinajstić information content (AvgIpc) is 3.63. The monoisotopic (exact) mass is 604 g/mol. The van der Waals surface area contributed by atoms with Gasteiger partial charge in [0.15, 0.2) is 5.01 Å². The highest BCUT2D eigenvalue weighted by Gasteiger charge is 2.42. The lowest BCUT2D eigenvalue weighted by Gasteiger charge is -2.48. The lowest BCUT2D eigenvalue weighted by molar-refractivity contribution is 0.0557. The van der Waals surface area contributed by atoms with Crippen molar-refractivity contribution in [2.75, 3.05) is 5.32 Å². The van der Waals surface area contributed by atoms with Crippen LogP contribution in [-0.4, -0.2) is 32.4 Å². The molecule has 4 atom stereocenters. The molecule has 1 aliphatic heterocycles. The number of thiazole rings is 1. The molecule has 2 N–H and O–H groups in total. The van der Waals surface area contributed by atoms with Gasteiger partial charge < -0.3 is 15.2 Å². The van der Waals surface area contributed by atoms with Gasteiger partial charge in [0.2, 0.25) is 0 Å². The second kappa shape index (κ2) is 11.7. The normalized spacial score (nSPS) is 28.0. The lowest BCUT2D eigenvalue weighted by atomic mass is 9.62. The number of anilines is 1. The van der Waals surface area contributed by atoms with Crippen LogP contribution in [0, 0.1) is 30.1 Å². The summed E-state index contributed by atoms with van der Waals surface area (Å²) < 4.78 is 0. The fourth-order valence-electron chi connectivity index (χ4n) is 9.01. The van der Waals surface area contributed by atoms with Crippen LogP contribution in [0.5, 0.6) is 0 Å². The van der Waals surface area contributed by atoms with E-state index in [9.17, 15) is 4.79 Å². The minimum Gasteiger partial charge on any atom is -0.380 e. The number of aromatic amines is 1. The Bertz CT molecular complexity index is 1680. The molecule has 0 saturated heterocycles. The van der Waals surface area contributed by atoms with Crippen LogP contribution in [0.2, 0.25) is 0 Å². The third-order valence-electron chi connectivity index (χ3n) is 10.5. The minimum atomic E-state index is -0.239. The molecular formula is C38H44N4OS. The van der Waals surface area contributed by atoms with Gasteiger partial charge in [-0.25, -0.2) is 4.98 Å². The van der Waals surface area contributed by atoms with E-state index in [0.29, 0.717) is 10.7 Å². The van der Waals surface area contributed by atoms with Crippen molar-refractivity contribution < 1.29 is 4.79 Å². The van der Waals surface area contributed by atoms with Gasteiger partial charge in [0, 0.05) is 39.2 Å². The first-order valence-electron chi connectivity index (χ1n) is 16.6. The smallest absolute Gasteiger partial charge is 0.274 e. The average molecular weight is 605 g/mol. The van der Waals surface area contributed by atoms with E-state index in [1.807, 2.05) is 5.38 Å². The van der Waals surface area contributed by atoms with Crippen LogP contribution in [0.1, 0.15) is 110 Å². The third-order valence-corrected chi connectivity index (χ3v) is 11.3. The highest BCUT2D eigenvalue weighted by molar-refractivity contribution is 7.10. The first-order chi connectivity index (χ1) is 21.3. The molecule has 2 aliphatic carbocycles. The van der Waals surface area contributed by atoms with E-state index < -0.39 is 0 Å². The summed E-state index contributed by atoms with van der Waals surface area (Å²) in [4.78, 5) is 24.8. The van der Waals surface area contributed by atoms with Crippen molar-refractivity contribution in [3.63, 3.8) is 0 Å². The number of unbranched alkanes of at least 4 members (excludes halogenated alkanes) is 1. The predicted octanol–water partition coefficient (Wildman–Crippen LogP) is 8.97. The summed E-state index contributed by atoms with van der Waals surface area (Å²) in [5, 5.41) is 7.58. The highest BCUT2D eigenvalue weighted by Crippen LogP contribution is 2.48. The molecule has 2 aromatic carbocycles. The number of amides is 1. The zero-order valence-electron chi connectivity index (χ0n) is 26.2. The Kier molecular flexibility index (Phi) is 7.79. The van der Waals surface area contributed by atoms with E-state index in [4.69, 9.17) is 6.42 Å². The lowest BCUT2D eigenvalue weighted by Crippen LogP contribution is -2.48. The first kappa shape index (κ1) is 29.2. The summed E-state index contributed by atoms with van der Waals surface area (Å²) >= 11 is 1.36. The van der Waals surface area contributed by atoms with E-state index in [-0.39, 0.29) is 23.5 Å². The van der Waals surface area contributed by atoms with Gasteiger partial charge >= 0.3 is 0 Å². The molecule has 4 unspecified atom stereocenters.